The molecule has 0 N–H and O–H groups in total. The van der Waals surface area contributed by atoms with Gasteiger partial charge in [-0.25, -0.2) is 0 Å². The lowest BCUT2D eigenvalue weighted by atomic mass is 10.0. The molecule has 1 heterocycles. The predicted molar refractivity (Wildman–Crippen MR) is 146 cm³/mol. The van der Waals surface area contributed by atoms with Crippen molar-refractivity contribution in [2.75, 3.05) is 6.54 Å². The molecular formula is C31H54N2. The van der Waals surface area contributed by atoms with E-state index in [0.717, 1.165) is 6.54 Å². The molecule has 2 heteroatoms. The van der Waals surface area contributed by atoms with Gasteiger partial charge in [-0.1, -0.05) is 147 Å². The zero-order valence-corrected chi connectivity index (χ0v) is 22.2. The molecule has 188 valence electrons. The average Bonchev–Trinajstić information content (AvgIpc) is 3.22. The van der Waals surface area contributed by atoms with E-state index in [-0.39, 0.29) is 0 Å². The molecule has 0 saturated carbocycles. The van der Waals surface area contributed by atoms with Crippen molar-refractivity contribution in [3.8, 4) is 0 Å². The number of rotatable bonds is 21. The normalized spacial score (nSPS) is 15.6. The molecule has 2 rings (SSSR count). The van der Waals surface area contributed by atoms with Gasteiger partial charge in [0.25, 0.3) is 0 Å². The number of nitrogens with zero attached hydrogens (tertiary/aromatic N) is 2. The fraction of sp³-hybridized carbons (Fsp3) is 0.742. The quantitative estimate of drug-likeness (QED) is 0.171. The van der Waals surface area contributed by atoms with E-state index in [0.29, 0.717) is 6.17 Å². The SMILES string of the molecule is CCCCCCCCCCCCCCCCCCCN1C=CN(Cc2ccccc2)C1CC. The molecule has 1 unspecified atom stereocenters. The van der Waals surface area contributed by atoms with Crippen LogP contribution in [0.4, 0.5) is 0 Å². The fourth-order valence-electron chi connectivity index (χ4n) is 5.22. The Kier molecular flexibility index (Phi) is 15.9. The summed E-state index contributed by atoms with van der Waals surface area (Å²) < 4.78 is 0. The molecule has 1 aliphatic rings. The lowest BCUT2D eigenvalue weighted by Gasteiger charge is -2.32. The molecule has 0 bridgehead atoms. The van der Waals surface area contributed by atoms with E-state index < -0.39 is 0 Å². The Balaban J connectivity index is 1.37. The Morgan fingerprint density at radius 2 is 1.00 bits per heavy atom. The van der Waals surface area contributed by atoms with E-state index in [2.05, 4.69) is 66.4 Å². The molecule has 1 aliphatic heterocycles. The highest BCUT2D eigenvalue weighted by Crippen LogP contribution is 2.22. The van der Waals surface area contributed by atoms with Crippen molar-refractivity contribution in [2.45, 2.75) is 142 Å². The lowest BCUT2D eigenvalue weighted by Crippen LogP contribution is -2.38. The van der Waals surface area contributed by atoms with E-state index in [9.17, 15) is 0 Å². The summed E-state index contributed by atoms with van der Waals surface area (Å²) in [5.41, 5.74) is 1.40. The van der Waals surface area contributed by atoms with Crippen molar-refractivity contribution in [3.63, 3.8) is 0 Å². The zero-order chi connectivity index (χ0) is 23.4. The Morgan fingerprint density at radius 1 is 0.545 bits per heavy atom. The molecule has 1 atom stereocenters. The first-order chi connectivity index (χ1) is 16.3. The van der Waals surface area contributed by atoms with Gasteiger partial charge in [-0.15, -0.1) is 0 Å². The van der Waals surface area contributed by atoms with Gasteiger partial charge in [0.1, 0.15) is 6.17 Å². The summed E-state index contributed by atoms with van der Waals surface area (Å²) in [6.45, 7) is 6.84. The first kappa shape index (κ1) is 27.8. The summed E-state index contributed by atoms with van der Waals surface area (Å²) in [5, 5.41) is 0. The maximum atomic E-state index is 2.56. The summed E-state index contributed by atoms with van der Waals surface area (Å²) in [6.07, 6.45) is 30.8. The van der Waals surface area contributed by atoms with Crippen LogP contribution in [0.5, 0.6) is 0 Å². The number of unbranched alkanes of at least 4 members (excludes halogenated alkanes) is 16. The first-order valence-corrected chi connectivity index (χ1v) is 14.6. The minimum Gasteiger partial charge on any atom is -0.356 e. The van der Waals surface area contributed by atoms with Gasteiger partial charge in [-0.2, -0.15) is 0 Å². The summed E-state index contributed by atoms with van der Waals surface area (Å²) in [5.74, 6) is 0. The molecule has 2 nitrogen and oxygen atoms in total. The van der Waals surface area contributed by atoms with Crippen molar-refractivity contribution in [1.29, 1.82) is 0 Å². The minimum atomic E-state index is 0.534. The third-order valence-electron chi connectivity index (χ3n) is 7.31. The summed E-state index contributed by atoms with van der Waals surface area (Å²) >= 11 is 0. The largest absolute Gasteiger partial charge is 0.356 e. The van der Waals surface area contributed by atoms with E-state index >= 15 is 0 Å². The van der Waals surface area contributed by atoms with Gasteiger partial charge in [0.05, 0.1) is 0 Å². The van der Waals surface area contributed by atoms with E-state index in [1.807, 2.05) is 0 Å². The molecular weight excluding hydrogens is 400 g/mol. The van der Waals surface area contributed by atoms with Crippen molar-refractivity contribution in [3.05, 3.63) is 48.3 Å². The van der Waals surface area contributed by atoms with E-state index in [1.165, 1.54) is 128 Å². The summed E-state index contributed by atoms with van der Waals surface area (Å²) in [4.78, 5) is 5.07. The Labute approximate surface area is 206 Å². The molecule has 1 aromatic carbocycles. The monoisotopic (exact) mass is 454 g/mol. The summed E-state index contributed by atoms with van der Waals surface area (Å²) in [7, 11) is 0. The molecule has 0 spiro atoms. The zero-order valence-electron chi connectivity index (χ0n) is 22.2. The molecule has 0 amide bonds. The van der Waals surface area contributed by atoms with Crippen molar-refractivity contribution in [1.82, 2.24) is 9.80 Å². The third kappa shape index (κ3) is 12.6. The van der Waals surface area contributed by atoms with Gasteiger partial charge in [0.15, 0.2) is 0 Å². The van der Waals surface area contributed by atoms with Gasteiger partial charge in [-0.05, 0) is 18.4 Å². The van der Waals surface area contributed by atoms with Crippen molar-refractivity contribution >= 4 is 0 Å². The van der Waals surface area contributed by atoms with Crippen LogP contribution in [0.2, 0.25) is 0 Å². The average molecular weight is 455 g/mol. The number of benzene rings is 1. The molecule has 0 aliphatic carbocycles. The Hall–Kier alpha value is -1.44. The molecule has 1 aromatic rings. The third-order valence-corrected chi connectivity index (χ3v) is 7.31. The molecule has 0 fully saturated rings. The van der Waals surface area contributed by atoms with Gasteiger partial charge < -0.3 is 9.80 Å². The second kappa shape index (κ2) is 18.9. The Bertz CT molecular complexity index is 582. The minimum absolute atomic E-state index is 0.534. The molecule has 0 saturated heterocycles. The predicted octanol–water partition coefficient (Wildman–Crippen LogP) is 9.66. The van der Waals surface area contributed by atoms with Crippen LogP contribution in [0.25, 0.3) is 0 Å². The van der Waals surface area contributed by atoms with Crippen molar-refractivity contribution in [2.24, 2.45) is 0 Å². The van der Waals surface area contributed by atoms with E-state index in [1.54, 1.807) is 0 Å². The maximum Gasteiger partial charge on any atom is 0.101 e. The van der Waals surface area contributed by atoms with Gasteiger partial charge >= 0.3 is 0 Å². The molecule has 0 aromatic heterocycles. The standard InChI is InChI=1S/C31H54N2/c1-3-5-6-7-8-9-10-11-12-13-14-15-16-17-18-19-23-26-32-27-28-33(31(32)4-2)29-30-24-21-20-22-25-30/h20-22,24-25,27-28,31H,3-19,23,26,29H2,1-2H3. The Morgan fingerprint density at radius 3 is 1.48 bits per heavy atom. The number of hydrogen-bond donors (Lipinski definition) is 0. The smallest absolute Gasteiger partial charge is 0.101 e. The van der Waals surface area contributed by atoms with Crippen LogP contribution in [0.1, 0.15) is 135 Å². The van der Waals surface area contributed by atoms with Crippen molar-refractivity contribution < 1.29 is 0 Å². The van der Waals surface area contributed by atoms with Crippen LogP contribution in [0.3, 0.4) is 0 Å². The van der Waals surface area contributed by atoms with Crippen LogP contribution >= 0.6 is 0 Å². The molecule has 33 heavy (non-hydrogen) atoms. The van der Waals surface area contributed by atoms with Gasteiger partial charge in [-0.3, -0.25) is 0 Å². The van der Waals surface area contributed by atoms with Gasteiger partial charge in [0.2, 0.25) is 0 Å². The van der Waals surface area contributed by atoms with Crippen LogP contribution in [0, 0.1) is 0 Å². The second-order valence-corrected chi connectivity index (χ2v) is 10.2. The van der Waals surface area contributed by atoms with Crippen LogP contribution in [-0.2, 0) is 6.54 Å². The van der Waals surface area contributed by atoms with Crippen LogP contribution in [-0.4, -0.2) is 22.5 Å². The van der Waals surface area contributed by atoms with Crippen LogP contribution < -0.4 is 0 Å². The lowest BCUT2D eigenvalue weighted by molar-refractivity contribution is 0.140. The highest BCUT2D eigenvalue weighted by molar-refractivity contribution is 5.15. The highest BCUT2D eigenvalue weighted by Gasteiger charge is 2.23. The van der Waals surface area contributed by atoms with Gasteiger partial charge in [0, 0.05) is 25.5 Å². The number of hydrogen-bond acceptors (Lipinski definition) is 2. The topological polar surface area (TPSA) is 6.48 Å². The molecule has 0 radical (unpaired) electrons. The highest BCUT2D eigenvalue weighted by atomic mass is 15.4. The van der Waals surface area contributed by atoms with Crippen LogP contribution in [0.15, 0.2) is 42.7 Å². The fourth-order valence-corrected chi connectivity index (χ4v) is 5.22. The maximum absolute atomic E-state index is 2.56. The van der Waals surface area contributed by atoms with E-state index in [4.69, 9.17) is 0 Å². The summed E-state index contributed by atoms with van der Waals surface area (Å²) in [6, 6.07) is 10.9. The first-order valence-electron chi connectivity index (χ1n) is 14.6. The second-order valence-electron chi connectivity index (χ2n) is 10.2.